The summed E-state index contributed by atoms with van der Waals surface area (Å²) in [7, 11) is 0. The number of amides is 1. The van der Waals surface area contributed by atoms with Gasteiger partial charge in [0.05, 0.1) is 5.41 Å². The molecule has 4 aliphatic rings. The zero-order valence-electron chi connectivity index (χ0n) is 10.1. The van der Waals surface area contributed by atoms with Crippen molar-refractivity contribution >= 4 is 11.9 Å². The minimum absolute atomic E-state index is 0.0944. The van der Waals surface area contributed by atoms with Crippen LogP contribution in [0.25, 0.3) is 0 Å². The third-order valence-corrected chi connectivity index (χ3v) is 5.10. The first-order valence-corrected chi connectivity index (χ1v) is 6.52. The molecule has 0 aliphatic heterocycles. The van der Waals surface area contributed by atoms with Gasteiger partial charge in [-0.1, -0.05) is 0 Å². The van der Waals surface area contributed by atoms with Gasteiger partial charge in [0.1, 0.15) is 0 Å². The van der Waals surface area contributed by atoms with Crippen molar-refractivity contribution in [3.05, 3.63) is 0 Å². The van der Waals surface area contributed by atoms with Crippen molar-refractivity contribution in [1.82, 2.24) is 5.32 Å². The molecule has 94 valence electrons. The Kier molecular flexibility index (Phi) is 2.25. The maximum absolute atomic E-state index is 11.7. The molecule has 2 unspecified atom stereocenters. The van der Waals surface area contributed by atoms with Gasteiger partial charge in [-0.05, 0) is 49.9 Å². The molecule has 0 aromatic carbocycles. The van der Waals surface area contributed by atoms with E-state index in [1.807, 2.05) is 0 Å². The monoisotopic (exact) mass is 237 g/mol. The van der Waals surface area contributed by atoms with Gasteiger partial charge >= 0.3 is 5.97 Å². The second kappa shape index (κ2) is 3.47. The Balaban J connectivity index is 1.96. The molecule has 4 heteroatoms. The highest BCUT2D eigenvalue weighted by molar-refractivity contribution is 5.79. The third-order valence-electron chi connectivity index (χ3n) is 5.10. The maximum atomic E-state index is 11.7. The minimum atomic E-state index is -0.699. The average Bonchev–Trinajstić information content (AvgIpc) is 2.21. The van der Waals surface area contributed by atoms with Gasteiger partial charge in [0.2, 0.25) is 5.91 Å². The van der Waals surface area contributed by atoms with Crippen molar-refractivity contribution < 1.29 is 14.7 Å². The second-order valence-corrected chi connectivity index (χ2v) is 6.25. The molecule has 4 bridgehead atoms. The molecule has 0 saturated heterocycles. The Morgan fingerprint density at radius 1 is 1.18 bits per heavy atom. The van der Waals surface area contributed by atoms with Crippen molar-refractivity contribution in [2.24, 2.45) is 23.2 Å². The first-order chi connectivity index (χ1) is 8.01. The molecule has 0 radical (unpaired) electrons. The zero-order chi connectivity index (χ0) is 12.2. The lowest BCUT2D eigenvalue weighted by atomic mass is 9.47. The van der Waals surface area contributed by atoms with Gasteiger partial charge in [-0.15, -0.1) is 0 Å². The highest BCUT2D eigenvalue weighted by atomic mass is 16.4. The number of rotatable bonds is 2. The van der Waals surface area contributed by atoms with Gasteiger partial charge in [0.25, 0.3) is 0 Å². The average molecular weight is 237 g/mol. The summed E-state index contributed by atoms with van der Waals surface area (Å²) < 4.78 is 0. The summed E-state index contributed by atoms with van der Waals surface area (Å²) in [5.74, 6) is 0.752. The van der Waals surface area contributed by atoms with Gasteiger partial charge in [-0.2, -0.15) is 0 Å². The number of carbonyl (C=O) groups excluding carboxylic acids is 1. The van der Waals surface area contributed by atoms with E-state index in [-0.39, 0.29) is 11.9 Å². The lowest BCUT2D eigenvalue weighted by Gasteiger charge is -2.59. The highest BCUT2D eigenvalue weighted by Crippen LogP contribution is 2.60. The lowest BCUT2D eigenvalue weighted by Crippen LogP contribution is -2.64. The van der Waals surface area contributed by atoms with E-state index in [2.05, 4.69) is 5.32 Å². The van der Waals surface area contributed by atoms with Crippen molar-refractivity contribution in [3.8, 4) is 0 Å². The Morgan fingerprint density at radius 2 is 1.76 bits per heavy atom. The van der Waals surface area contributed by atoms with Gasteiger partial charge in [-0.25, -0.2) is 0 Å². The highest BCUT2D eigenvalue weighted by Gasteiger charge is 2.61. The summed E-state index contributed by atoms with van der Waals surface area (Å²) in [4.78, 5) is 23.0. The van der Waals surface area contributed by atoms with E-state index in [4.69, 9.17) is 0 Å². The normalized spacial score (nSPS) is 46.9. The number of carboxylic acids is 1. The fraction of sp³-hybridized carbons (Fsp3) is 0.846. The number of hydrogen-bond donors (Lipinski definition) is 2. The van der Waals surface area contributed by atoms with Crippen LogP contribution in [0.2, 0.25) is 0 Å². The van der Waals surface area contributed by atoms with Gasteiger partial charge < -0.3 is 10.4 Å². The quantitative estimate of drug-likeness (QED) is 0.763. The summed E-state index contributed by atoms with van der Waals surface area (Å²) in [6, 6.07) is -0.134. The third kappa shape index (κ3) is 1.49. The summed E-state index contributed by atoms with van der Waals surface area (Å²) in [5.41, 5.74) is -0.666. The summed E-state index contributed by atoms with van der Waals surface area (Å²) in [6.45, 7) is 1.49. The molecular weight excluding hydrogens is 218 g/mol. The van der Waals surface area contributed by atoms with E-state index >= 15 is 0 Å². The molecule has 1 amide bonds. The molecule has 0 heterocycles. The Bertz CT molecular complexity index is 365. The predicted molar refractivity (Wildman–Crippen MR) is 61.2 cm³/mol. The molecule has 3 atom stereocenters. The minimum Gasteiger partial charge on any atom is -0.481 e. The van der Waals surface area contributed by atoms with Crippen molar-refractivity contribution in [3.63, 3.8) is 0 Å². The summed E-state index contributed by atoms with van der Waals surface area (Å²) in [6.07, 6.45) is 4.95. The van der Waals surface area contributed by atoms with Crippen molar-refractivity contribution in [2.75, 3.05) is 0 Å². The molecule has 4 saturated carbocycles. The van der Waals surface area contributed by atoms with E-state index in [1.54, 1.807) is 0 Å². The number of nitrogens with one attached hydrogen (secondary N) is 1. The van der Waals surface area contributed by atoms with Crippen LogP contribution in [0.15, 0.2) is 0 Å². The Morgan fingerprint density at radius 3 is 2.24 bits per heavy atom. The van der Waals surface area contributed by atoms with Crippen LogP contribution < -0.4 is 5.32 Å². The molecular formula is C13H19NO3. The van der Waals surface area contributed by atoms with Crippen LogP contribution in [0, 0.1) is 23.2 Å². The number of hydrogen-bond acceptors (Lipinski definition) is 2. The smallest absolute Gasteiger partial charge is 0.311 e. The van der Waals surface area contributed by atoms with Gasteiger partial charge in [0.15, 0.2) is 0 Å². The molecule has 4 aliphatic carbocycles. The molecule has 0 aromatic rings. The largest absolute Gasteiger partial charge is 0.481 e. The van der Waals surface area contributed by atoms with E-state index < -0.39 is 11.4 Å². The number of aliphatic carboxylic acids is 1. The van der Waals surface area contributed by atoms with Crippen LogP contribution in [-0.4, -0.2) is 23.0 Å². The molecule has 0 aromatic heterocycles. The Labute approximate surface area is 101 Å². The van der Waals surface area contributed by atoms with Crippen LogP contribution in [0.4, 0.5) is 0 Å². The zero-order valence-corrected chi connectivity index (χ0v) is 10.1. The van der Waals surface area contributed by atoms with E-state index in [1.165, 1.54) is 13.3 Å². The molecule has 0 spiro atoms. The second-order valence-electron chi connectivity index (χ2n) is 6.25. The first-order valence-electron chi connectivity index (χ1n) is 6.52. The topological polar surface area (TPSA) is 66.4 Å². The fourth-order valence-corrected chi connectivity index (χ4v) is 4.82. The van der Waals surface area contributed by atoms with Gasteiger partial charge in [-0.3, -0.25) is 9.59 Å². The molecule has 2 N–H and O–H groups in total. The number of carbonyl (C=O) groups is 2. The van der Waals surface area contributed by atoms with E-state index in [0.29, 0.717) is 17.8 Å². The molecule has 4 rings (SSSR count). The van der Waals surface area contributed by atoms with Gasteiger partial charge in [0, 0.05) is 13.0 Å². The fourth-order valence-electron chi connectivity index (χ4n) is 4.82. The lowest BCUT2D eigenvalue weighted by molar-refractivity contribution is -0.171. The van der Waals surface area contributed by atoms with E-state index in [0.717, 1.165) is 25.7 Å². The van der Waals surface area contributed by atoms with Crippen molar-refractivity contribution in [2.45, 2.75) is 45.1 Å². The molecule has 4 nitrogen and oxygen atoms in total. The first kappa shape index (κ1) is 11.1. The van der Waals surface area contributed by atoms with Crippen LogP contribution in [-0.2, 0) is 9.59 Å². The number of carboxylic acid groups (broad SMARTS) is 1. The predicted octanol–water partition coefficient (Wildman–Crippen LogP) is 1.40. The van der Waals surface area contributed by atoms with Crippen molar-refractivity contribution in [1.29, 1.82) is 0 Å². The molecule has 4 fully saturated rings. The molecule has 17 heavy (non-hydrogen) atoms. The maximum Gasteiger partial charge on any atom is 0.311 e. The summed E-state index contributed by atoms with van der Waals surface area (Å²) in [5, 5.41) is 12.5. The van der Waals surface area contributed by atoms with Crippen LogP contribution in [0.1, 0.15) is 39.0 Å². The van der Waals surface area contributed by atoms with Crippen LogP contribution in [0.3, 0.4) is 0 Å². The summed E-state index contributed by atoms with van der Waals surface area (Å²) >= 11 is 0. The Hall–Kier alpha value is -1.06. The SMILES string of the molecule is CC(=O)N[C@H]1C2CC3CC(C2)CC1(C(=O)O)C3. The van der Waals surface area contributed by atoms with E-state index in [9.17, 15) is 14.7 Å². The van der Waals surface area contributed by atoms with Crippen LogP contribution >= 0.6 is 0 Å². The van der Waals surface area contributed by atoms with Crippen LogP contribution in [0.5, 0.6) is 0 Å². The standard InChI is InChI=1S/C13H19NO3/c1-7(15)14-11-10-3-8-2-9(4-10)6-13(11,5-8)12(16)17/h8-11H,2-6H2,1H3,(H,14,15)(H,16,17)/t8?,9?,10?,11-,13?/m0/s1.